The van der Waals surface area contributed by atoms with Crippen LogP contribution in [0.5, 0.6) is 5.75 Å². The smallest absolute Gasteiger partial charge is 0.252 e. The maximum Gasteiger partial charge on any atom is 0.252 e. The molecule has 0 aliphatic carbocycles. The van der Waals surface area contributed by atoms with E-state index in [0.717, 1.165) is 22.6 Å². The molecule has 2 aromatic heterocycles. The number of nitrogens with zero attached hydrogens (tertiary/aromatic N) is 4. The molecule has 0 fully saturated rings. The first-order chi connectivity index (χ1) is 12.7. The van der Waals surface area contributed by atoms with Gasteiger partial charge in [0.1, 0.15) is 11.6 Å². The van der Waals surface area contributed by atoms with E-state index < -0.39 is 0 Å². The Morgan fingerprint density at radius 3 is 2.85 bits per heavy atom. The van der Waals surface area contributed by atoms with Crippen molar-refractivity contribution in [2.75, 3.05) is 18.2 Å². The molecule has 1 N–H and O–H groups in total. The summed E-state index contributed by atoms with van der Waals surface area (Å²) < 4.78 is 6.96. The summed E-state index contributed by atoms with van der Waals surface area (Å²) >= 11 is 1.57. The fourth-order valence-corrected chi connectivity index (χ4v) is 4.17. The lowest BCUT2D eigenvalue weighted by molar-refractivity contribution is -0.113. The van der Waals surface area contributed by atoms with Crippen LogP contribution in [0.25, 0.3) is 5.95 Å². The Bertz CT molecular complexity index is 957. The summed E-state index contributed by atoms with van der Waals surface area (Å²) in [7, 11) is 1.64. The minimum atomic E-state index is -0.0706. The van der Waals surface area contributed by atoms with Crippen LogP contribution in [0.4, 0.5) is 5.82 Å². The lowest BCUT2D eigenvalue weighted by atomic mass is 10.0. The number of rotatable bonds is 3. The lowest BCUT2D eigenvalue weighted by Crippen LogP contribution is -2.16. The second kappa shape index (κ2) is 6.80. The van der Waals surface area contributed by atoms with Crippen LogP contribution in [-0.4, -0.2) is 38.5 Å². The monoisotopic (exact) mass is 367 g/mol. The molecule has 0 saturated carbocycles. The number of anilines is 1. The average molecular weight is 367 g/mol. The van der Waals surface area contributed by atoms with Gasteiger partial charge in [-0.25, -0.2) is 9.97 Å². The second-order valence-corrected chi connectivity index (χ2v) is 6.92. The van der Waals surface area contributed by atoms with Crippen molar-refractivity contribution in [1.29, 1.82) is 0 Å². The van der Waals surface area contributed by atoms with Crippen LogP contribution in [0.3, 0.4) is 0 Å². The summed E-state index contributed by atoms with van der Waals surface area (Å²) in [5, 5.41) is 7.51. The van der Waals surface area contributed by atoms with Crippen molar-refractivity contribution in [2.24, 2.45) is 0 Å². The number of thioether (sulfide) groups is 1. The molecule has 3 aromatic rings. The normalized spacial score (nSPS) is 16.5. The maximum absolute atomic E-state index is 12.3. The Morgan fingerprint density at radius 2 is 2.08 bits per heavy atom. The van der Waals surface area contributed by atoms with Gasteiger partial charge in [-0.15, -0.1) is 11.8 Å². The third-order valence-electron chi connectivity index (χ3n) is 4.15. The number of aryl methyl sites for hydroxylation is 1. The molecule has 8 heteroatoms. The largest absolute Gasteiger partial charge is 0.497 e. The first-order valence-corrected chi connectivity index (χ1v) is 9.14. The van der Waals surface area contributed by atoms with Gasteiger partial charge in [0.15, 0.2) is 0 Å². The Labute approximate surface area is 154 Å². The van der Waals surface area contributed by atoms with Gasteiger partial charge in [0, 0.05) is 18.0 Å². The van der Waals surface area contributed by atoms with Gasteiger partial charge >= 0.3 is 0 Å². The highest BCUT2D eigenvalue weighted by molar-refractivity contribution is 8.00. The van der Waals surface area contributed by atoms with Gasteiger partial charge in [-0.05, 0) is 30.7 Å². The molecular weight excluding hydrogens is 350 g/mol. The van der Waals surface area contributed by atoms with Crippen LogP contribution >= 0.6 is 11.8 Å². The standard InChI is InChI=1S/C18H17N5O2S/c1-11-15-16(12-5-3-6-13(9-12)25-2)26-10-14(24)21-17(15)23(22-11)18-19-7-4-8-20-18/h3-9,16H,10H2,1-2H3,(H,21,24). The van der Waals surface area contributed by atoms with Gasteiger partial charge in [0.05, 0.1) is 23.8 Å². The zero-order valence-electron chi connectivity index (χ0n) is 14.3. The van der Waals surface area contributed by atoms with Crippen LogP contribution in [0, 0.1) is 6.92 Å². The molecule has 1 atom stereocenters. The molecule has 3 heterocycles. The number of aromatic nitrogens is 4. The summed E-state index contributed by atoms with van der Waals surface area (Å²) in [5.41, 5.74) is 2.85. The van der Waals surface area contributed by atoms with Crippen molar-refractivity contribution >= 4 is 23.5 Å². The molecule has 132 valence electrons. The van der Waals surface area contributed by atoms with E-state index in [0.29, 0.717) is 17.5 Å². The van der Waals surface area contributed by atoms with Crippen molar-refractivity contribution in [2.45, 2.75) is 12.2 Å². The third kappa shape index (κ3) is 2.92. The summed E-state index contributed by atoms with van der Waals surface area (Å²) in [6.45, 7) is 1.93. The molecule has 7 nitrogen and oxygen atoms in total. The fourth-order valence-electron chi connectivity index (χ4n) is 3.00. The van der Waals surface area contributed by atoms with E-state index in [1.807, 2.05) is 31.2 Å². The van der Waals surface area contributed by atoms with E-state index in [9.17, 15) is 4.79 Å². The SMILES string of the molecule is COc1cccc(C2SCC(=O)Nc3c2c(C)nn3-c2ncccn2)c1. The summed E-state index contributed by atoms with van der Waals surface area (Å²) in [6, 6.07) is 9.63. The fraction of sp³-hybridized carbons (Fsp3) is 0.222. The Hall–Kier alpha value is -2.87. The Kier molecular flexibility index (Phi) is 4.34. The average Bonchev–Trinajstić information content (AvgIpc) is 2.88. The minimum absolute atomic E-state index is 0.0449. The molecule has 1 unspecified atom stereocenters. The number of nitrogens with one attached hydrogen (secondary N) is 1. The number of amides is 1. The molecule has 0 saturated heterocycles. The molecule has 0 bridgehead atoms. The third-order valence-corrected chi connectivity index (χ3v) is 5.42. The summed E-state index contributed by atoms with van der Waals surface area (Å²) in [5.74, 6) is 2.11. The molecule has 0 spiro atoms. The Morgan fingerprint density at radius 1 is 1.27 bits per heavy atom. The van der Waals surface area contributed by atoms with E-state index in [-0.39, 0.29) is 11.2 Å². The summed E-state index contributed by atoms with van der Waals surface area (Å²) in [6.07, 6.45) is 3.30. The molecule has 0 radical (unpaired) electrons. The van der Waals surface area contributed by atoms with Crippen LogP contribution in [0.2, 0.25) is 0 Å². The quantitative estimate of drug-likeness (QED) is 0.767. The molecule has 26 heavy (non-hydrogen) atoms. The van der Waals surface area contributed by atoms with Gasteiger partial charge in [-0.1, -0.05) is 12.1 Å². The van der Waals surface area contributed by atoms with Gasteiger partial charge in [-0.2, -0.15) is 9.78 Å². The molecule has 1 aliphatic heterocycles. The van der Waals surface area contributed by atoms with E-state index >= 15 is 0 Å². The maximum atomic E-state index is 12.3. The van der Waals surface area contributed by atoms with Crippen LogP contribution in [0.1, 0.15) is 22.1 Å². The van der Waals surface area contributed by atoms with Crippen molar-refractivity contribution in [3.8, 4) is 11.7 Å². The number of hydrogen-bond acceptors (Lipinski definition) is 6. The topological polar surface area (TPSA) is 81.9 Å². The van der Waals surface area contributed by atoms with Gasteiger partial charge in [0.2, 0.25) is 5.91 Å². The van der Waals surface area contributed by atoms with Crippen molar-refractivity contribution < 1.29 is 9.53 Å². The first kappa shape index (κ1) is 16.6. The van der Waals surface area contributed by atoms with E-state index in [1.54, 1.807) is 42.0 Å². The lowest BCUT2D eigenvalue weighted by Gasteiger charge is -2.16. The highest BCUT2D eigenvalue weighted by atomic mass is 32.2. The zero-order valence-corrected chi connectivity index (χ0v) is 15.2. The van der Waals surface area contributed by atoms with Crippen molar-refractivity contribution in [3.05, 3.63) is 59.5 Å². The number of carbonyl (C=O) groups excluding carboxylic acids is 1. The first-order valence-electron chi connectivity index (χ1n) is 8.09. The number of ether oxygens (including phenoxy) is 1. The predicted octanol–water partition coefficient (Wildman–Crippen LogP) is 2.75. The van der Waals surface area contributed by atoms with E-state index in [2.05, 4.69) is 20.4 Å². The van der Waals surface area contributed by atoms with Gasteiger partial charge in [0.25, 0.3) is 5.95 Å². The number of methoxy groups -OCH3 is 1. The number of hydrogen-bond donors (Lipinski definition) is 1. The van der Waals surface area contributed by atoms with Crippen LogP contribution in [-0.2, 0) is 4.79 Å². The van der Waals surface area contributed by atoms with Crippen molar-refractivity contribution in [1.82, 2.24) is 19.7 Å². The number of benzene rings is 1. The molecule has 1 aromatic carbocycles. The highest BCUT2D eigenvalue weighted by Gasteiger charge is 2.31. The number of carbonyl (C=O) groups is 1. The highest BCUT2D eigenvalue weighted by Crippen LogP contribution is 2.44. The van der Waals surface area contributed by atoms with Crippen LogP contribution < -0.4 is 10.1 Å². The molecule has 1 aliphatic rings. The van der Waals surface area contributed by atoms with Crippen molar-refractivity contribution in [3.63, 3.8) is 0 Å². The van der Waals surface area contributed by atoms with Gasteiger partial charge in [-0.3, -0.25) is 4.79 Å². The van der Waals surface area contributed by atoms with Gasteiger partial charge < -0.3 is 10.1 Å². The zero-order chi connectivity index (χ0) is 18.1. The molecular formula is C18H17N5O2S. The second-order valence-electron chi connectivity index (χ2n) is 5.82. The minimum Gasteiger partial charge on any atom is -0.497 e. The Balaban J connectivity index is 1.88. The molecule has 4 rings (SSSR count). The van der Waals surface area contributed by atoms with E-state index in [4.69, 9.17) is 4.74 Å². The predicted molar refractivity (Wildman–Crippen MR) is 99.8 cm³/mol. The number of fused-ring (bicyclic) bond motifs is 1. The summed E-state index contributed by atoms with van der Waals surface area (Å²) in [4.78, 5) is 20.8. The molecule has 1 amide bonds. The van der Waals surface area contributed by atoms with E-state index in [1.165, 1.54) is 0 Å². The van der Waals surface area contributed by atoms with Crippen LogP contribution in [0.15, 0.2) is 42.7 Å².